The maximum Gasteiger partial charge on any atom is 0.350 e. The standard InChI is InChI=1S/C21H21N4O3/c1-12(2)15-10-16(19(27)11-18(15)26)20-22-24(4)21(28)25(20)14-5-6-17-13(9-14)7-8-23(17)3/h5-12,26-27H,4H2,1-3H3. The number of aryl methyl sites for hydroxylation is 1. The summed E-state index contributed by atoms with van der Waals surface area (Å²) in [5.41, 5.74) is 2.24. The molecule has 2 aromatic heterocycles. The van der Waals surface area contributed by atoms with E-state index in [0.29, 0.717) is 16.8 Å². The molecule has 0 bridgehead atoms. The van der Waals surface area contributed by atoms with Crippen LogP contribution in [-0.2, 0) is 7.05 Å². The third-order valence-electron chi connectivity index (χ3n) is 4.97. The van der Waals surface area contributed by atoms with Gasteiger partial charge < -0.3 is 14.8 Å². The number of aromatic hydroxyl groups is 2. The van der Waals surface area contributed by atoms with Crippen molar-refractivity contribution in [1.29, 1.82) is 0 Å². The van der Waals surface area contributed by atoms with E-state index in [-0.39, 0.29) is 23.2 Å². The van der Waals surface area contributed by atoms with Crippen molar-refractivity contribution in [3.63, 3.8) is 0 Å². The SMILES string of the molecule is [CH2]n1nc(-c2cc(C(C)C)c(O)cc2O)n(-c2ccc3c(ccn3C)c2)c1=O. The highest BCUT2D eigenvalue weighted by Crippen LogP contribution is 2.37. The quantitative estimate of drug-likeness (QED) is 0.573. The first-order valence-electron chi connectivity index (χ1n) is 8.92. The van der Waals surface area contributed by atoms with Crippen molar-refractivity contribution in [1.82, 2.24) is 18.9 Å². The molecule has 1 radical (unpaired) electrons. The average Bonchev–Trinajstić information content (AvgIpc) is 3.15. The molecule has 2 aromatic carbocycles. The van der Waals surface area contributed by atoms with Crippen LogP contribution in [0.3, 0.4) is 0 Å². The molecule has 7 heteroatoms. The summed E-state index contributed by atoms with van der Waals surface area (Å²) in [6.45, 7) is 3.87. The fraction of sp³-hybridized carbons (Fsp3) is 0.190. The van der Waals surface area contributed by atoms with Gasteiger partial charge in [-0.05, 0) is 41.8 Å². The minimum absolute atomic E-state index is 0.00454. The monoisotopic (exact) mass is 377 g/mol. The predicted octanol–water partition coefficient (Wildman–Crippen LogP) is 3.37. The Bertz CT molecular complexity index is 1260. The van der Waals surface area contributed by atoms with Gasteiger partial charge in [0.1, 0.15) is 11.5 Å². The van der Waals surface area contributed by atoms with Gasteiger partial charge in [0.25, 0.3) is 0 Å². The van der Waals surface area contributed by atoms with Gasteiger partial charge in [0, 0.05) is 30.2 Å². The van der Waals surface area contributed by atoms with Crippen molar-refractivity contribution in [2.45, 2.75) is 19.8 Å². The molecular formula is C21H21N4O3. The molecule has 28 heavy (non-hydrogen) atoms. The summed E-state index contributed by atoms with van der Waals surface area (Å²) in [5, 5.41) is 25.8. The van der Waals surface area contributed by atoms with E-state index in [4.69, 9.17) is 0 Å². The molecule has 7 nitrogen and oxygen atoms in total. The van der Waals surface area contributed by atoms with Crippen LogP contribution in [-0.4, -0.2) is 29.1 Å². The third kappa shape index (κ3) is 2.67. The first kappa shape index (κ1) is 17.9. The summed E-state index contributed by atoms with van der Waals surface area (Å²) in [4.78, 5) is 12.8. The van der Waals surface area contributed by atoms with E-state index in [1.165, 1.54) is 10.6 Å². The number of hydrogen-bond donors (Lipinski definition) is 2. The van der Waals surface area contributed by atoms with Gasteiger partial charge in [-0.25, -0.2) is 14.0 Å². The summed E-state index contributed by atoms with van der Waals surface area (Å²) in [6, 6.07) is 10.6. The van der Waals surface area contributed by atoms with E-state index in [2.05, 4.69) is 12.1 Å². The molecule has 0 amide bonds. The molecule has 0 aliphatic carbocycles. The molecule has 2 heterocycles. The van der Waals surface area contributed by atoms with Crippen LogP contribution in [0.4, 0.5) is 0 Å². The van der Waals surface area contributed by atoms with Crippen LogP contribution in [0.1, 0.15) is 25.3 Å². The second-order valence-electron chi connectivity index (χ2n) is 7.19. The molecule has 0 saturated carbocycles. The van der Waals surface area contributed by atoms with Gasteiger partial charge in [-0.2, -0.15) is 0 Å². The summed E-state index contributed by atoms with van der Waals surface area (Å²) in [6.07, 6.45) is 1.95. The Labute approximate surface area is 161 Å². The molecular weight excluding hydrogens is 356 g/mol. The highest BCUT2D eigenvalue weighted by Gasteiger charge is 2.21. The lowest BCUT2D eigenvalue weighted by molar-refractivity contribution is 0.444. The summed E-state index contributed by atoms with van der Waals surface area (Å²) in [5.74, 6) is 0.135. The fourth-order valence-corrected chi connectivity index (χ4v) is 3.46. The van der Waals surface area contributed by atoms with Crippen molar-refractivity contribution in [2.75, 3.05) is 0 Å². The zero-order chi connectivity index (χ0) is 20.2. The third-order valence-corrected chi connectivity index (χ3v) is 4.97. The molecule has 2 N–H and O–H groups in total. The van der Waals surface area contributed by atoms with Crippen LogP contribution in [0.2, 0.25) is 0 Å². The van der Waals surface area contributed by atoms with Crippen molar-refractivity contribution < 1.29 is 10.2 Å². The van der Waals surface area contributed by atoms with Gasteiger partial charge >= 0.3 is 5.69 Å². The van der Waals surface area contributed by atoms with Crippen LogP contribution in [0.25, 0.3) is 28.0 Å². The maximum atomic E-state index is 12.8. The van der Waals surface area contributed by atoms with E-state index < -0.39 is 5.69 Å². The molecule has 0 fully saturated rings. The van der Waals surface area contributed by atoms with Crippen LogP contribution >= 0.6 is 0 Å². The Morgan fingerprint density at radius 3 is 2.54 bits per heavy atom. The normalized spacial score (nSPS) is 11.6. The van der Waals surface area contributed by atoms with Crippen LogP contribution in [0, 0.1) is 7.05 Å². The van der Waals surface area contributed by atoms with Crippen molar-refractivity contribution >= 4 is 10.9 Å². The maximum absolute atomic E-state index is 12.8. The van der Waals surface area contributed by atoms with Crippen molar-refractivity contribution in [2.24, 2.45) is 7.05 Å². The lowest BCUT2D eigenvalue weighted by Gasteiger charge is -2.13. The van der Waals surface area contributed by atoms with Crippen LogP contribution in [0.5, 0.6) is 11.5 Å². The number of nitrogens with zero attached hydrogens (tertiary/aromatic N) is 4. The highest BCUT2D eigenvalue weighted by molar-refractivity contribution is 5.82. The number of benzene rings is 2. The van der Waals surface area contributed by atoms with E-state index in [9.17, 15) is 15.0 Å². The fourth-order valence-electron chi connectivity index (χ4n) is 3.46. The minimum Gasteiger partial charge on any atom is -0.508 e. The smallest absolute Gasteiger partial charge is 0.350 e. The summed E-state index contributed by atoms with van der Waals surface area (Å²) >= 11 is 0. The Hall–Kier alpha value is -3.48. The molecule has 143 valence electrons. The Morgan fingerprint density at radius 1 is 1.07 bits per heavy atom. The number of phenols is 2. The molecule has 0 aliphatic rings. The summed E-state index contributed by atoms with van der Waals surface area (Å²) < 4.78 is 4.40. The zero-order valence-electron chi connectivity index (χ0n) is 15.9. The second kappa shape index (κ2) is 6.30. The summed E-state index contributed by atoms with van der Waals surface area (Å²) in [7, 11) is 5.61. The van der Waals surface area contributed by atoms with E-state index in [1.807, 2.05) is 55.9 Å². The number of rotatable bonds is 3. The van der Waals surface area contributed by atoms with Crippen LogP contribution in [0.15, 0.2) is 47.4 Å². The predicted molar refractivity (Wildman–Crippen MR) is 108 cm³/mol. The number of hydrogen-bond acceptors (Lipinski definition) is 4. The van der Waals surface area contributed by atoms with Gasteiger partial charge in [-0.1, -0.05) is 13.8 Å². The van der Waals surface area contributed by atoms with E-state index in [0.717, 1.165) is 15.6 Å². The van der Waals surface area contributed by atoms with Crippen molar-refractivity contribution in [3.8, 4) is 28.6 Å². The zero-order valence-corrected chi connectivity index (χ0v) is 15.9. The lowest BCUT2D eigenvalue weighted by atomic mass is 9.98. The molecule has 0 saturated heterocycles. The van der Waals surface area contributed by atoms with Gasteiger partial charge in [0.05, 0.1) is 18.3 Å². The Morgan fingerprint density at radius 2 is 1.82 bits per heavy atom. The number of aromatic nitrogens is 4. The molecule has 4 aromatic rings. The van der Waals surface area contributed by atoms with E-state index >= 15 is 0 Å². The average molecular weight is 377 g/mol. The van der Waals surface area contributed by atoms with E-state index in [1.54, 1.807) is 6.07 Å². The molecule has 4 rings (SSSR count). The molecule has 0 aliphatic heterocycles. The van der Waals surface area contributed by atoms with Gasteiger partial charge in [0.15, 0.2) is 5.82 Å². The molecule has 0 atom stereocenters. The largest absolute Gasteiger partial charge is 0.508 e. The Kier molecular flexibility index (Phi) is 4.03. The van der Waals surface area contributed by atoms with Gasteiger partial charge in [0.2, 0.25) is 0 Å². The number of fused-ring (bicyclic) bond motifs is 1. The first-order chi connectivity index (χ1) is 13.3. The van der Waals surface area contributed by atoms with Crippen LogP contribution < -0.4 is 5.69 Å². The topological polar surface area (TPSA) is 85.2 Å². The highest BCUT2D eigenvalue weighted by atomic mass is 16.3. The lowest BCUT2D eigenvalue weighted by Crippen LogP contribution is -2.20. The minimum atomic E-state index is -0.427. The van der Waals surface area contributed by atoms with Crippen molar-refractivity contribution in [3.05, 3.63) is 65.7 Å². The molecule has 0 spiro atoms. The number of phenolic OH excluding ortho intramolecular Hbond substituents is 2. The Balaban J connectivity index is 1.99. The van der Waals surface area contributed by atoms with Gasteiger partial charge in [-0.3, -0.25) is 0 Å². The van der Waals surface area contributed by atoms with Gasteiger partial charge in [-0.15, -0.1) is 5.10 Å². The first-order valence-corrected chi connectivity index (χ1v) is 8.92. The molecule has 0 unspecified atom stereocenters. The second-order valence-corrected chi connectivity index (χ2v) is 7.19.